The second kappa shape index (κ2) is 6.33. The van der Waals surface area contributed by atoms with Crippen LogP contribution in [0.5, 0.6) is 0 Å². The molecule has 7 heteroatoms. The summed E-state index contributed by atoms with van der Waals surface area (Å²) in [6, 6.07) is 8.72. The molecule has 0 aliphatic rings. The minimum Gasteiger partial charge on any atom is -0.308 e. The van der Waals surface area contributed by atoms with Crippen LogP contribution in [0.2, 0.25) is 0 Å². The van der Waals surface area contributed by atoms with E-state index >= 15 is 0 Å². The van der Waals surface area contributed by atoms with Gasteiger partial charge in [0, 0.05) is 5.71 Å². The molecule has 1 unspecified atom stereocenters. The molecule has 1 atom stereocenters. The largest absolute Gasteiger partial charge is 0.308 e. The van der Waals surface area contributed by atoms with E-state index in [1.807, 2.05) is 0 Å². The van der Waals surface area contributed by atoms with Crippen LogP contribution < -0.4 is 5.56 Å². The van der Waals surface area contributed by atoms with Crippen molar-refractivity contribution < 1.29 is 4.79 Å². The van der Waals surface area contributed by atoms with Crippen molar-refractivity contribution in [1.29, 1.82) is 10.7 Å². The maximum atomic E-state index is 11.9. The van der Waals surface area contributed by atoms with Crippen molar-refractivity contribution in [2.45, 2.75) is 12.1 Å². The van der Waals surface area contributed by atoms with E-state index in [2.05, 4.69) is 9.97 Å². The molecule has 0 amide bonds. The number of para-hydroxylation sites is 1. The highest BCUT2D eigenvalue weighted by Crippen LogP contribution is 2.16. The molecule has 1 heterocycles. The number of carbonyl (C=O) groups is 1. The van der Waals surface area contributed by atoms with E-state index in [4.69, 9.17) is 10.7 Å². The van der Waals surface area contributed by atoms with Gasteiger partial charge in [-0.2, -0.15) is 5.26 Å². The molecule has 0 bridgehead atoms. The molecule has 0 spiro atoms. The van der Waals surface area contributed by atoms with Crippen LogP contribution in [-0.4, -0.2) is 27.2 Å². The number of H-pyrrole nitrogens is 1. The highest BCUT2D eigenvalue weighted by molar-refractivity contribution is 7.99. The number of rotatable bonds is 5. The number of fused-ring (bicyclic) bond motifs is 1. The lowest BCUT2D eigenvalue weighted by Crippen LogP contribution is -2.21. The molecule has 2 rings (SSSR count). The van der Waals surface area contributed by atoms with Crippen LogP contribution in [-0.2, 0) is 4.79 Å². The molecule has 0 aliphatic carbocycles. The molecule has 0 radical (unpaired) electrons. The van der Waals surface area contributed by atoms with Crippen molar-refractivity contribution in [2.24, 2.45) is 5.92 Å². The average molecular weight is 300 g/mol. The molecular formula is C14H12N4O2S. The average Bonchev–Trinajstić information content (AvgIpc) is 2.45. The van der Waals surface area contributed by atoms with Crippen LogP contribution in [0.3, 0.4) is 0 Å². The summed E-state index contributed by atoms with van der Waals surface area (Å²) < 4.78 is 0. The van der Waals surface area contributed by atoms with E-state index in [-0.39, 0.29) is 22.8 Å². The Morgan fingerprint density at radius 2 is 2.24 bits per heavy atom. The Morgan fingerprint density at radius 1 is 1.52 bits per heavy atom. The third-order valence-electron chi connectivity index (χ3n) is 2.83. The first-order valence-corrected chi connectivity index (χ1v) is 7.10. The Hall–Kier alpha value is -2.46. The zero-order chi connectivity index (χ0) is 15.4. The van der Waals surface area contributed by atoms with Gasteiger partial charge in [0.05, 0.1) is 22.7 Å². The highest BCUT2D eigenvalue weighted by atomic mass is 32.2. The molecule has 0 saturated heterocycles. The van der Waals surface area contributed by atoms with Gasteiger partial charge >= 0.3 is 0 Å². The summed E-state index contributed by atoms with van der Waals surface area (Å²) in [6.07, 6.45) is 0. The SMILES string of the molecule is CC(=N)C(C#N)C(=O)CSc1nc2ccccc2c(=O)[nH]1. The first kappa shape index (κ1) is 14.9. The highest BCUT2D eigenvalue weighted by Gasteiger charge is 2.20. The van der Waals surface area contributed by atoms with E-state index in [9.17, 15) is 9.59 Å². The number of thioether (sulfide) groups is 1. The summed E-state index contributed by atoms with van der Waals surface area (Å²) in [4.78, 5) is 30.6. The molecule has 2 aromatic rings. The zero-order valence-corrected chi connectivity index (χ0v) is 12.0. The monoisotopic (exact) mass is 300 g/mol. The molecule has 0 fully saturated rings. The first-order valence-electron chi connectivity index (χ1n) is 6.12. The smallest absolute Gasteiger partial charge is 0.259 e. The number of aromatic amines is 1. The van der Waals surface area contributed by atoms with Gasteiger partial charge < -0.3 is 10.4 Å². The van der Waals surface area contributed by atoms with Crippen LogP contribution in [0, 0.1) is 22.7 Å². The summed E-state index contributed by atoms with van der Waals surface area (Å²) in [7, 11) is 0. The zero-order valence-electron chi connectivity index (χ0n) is 11.2. The summed E-state index contributed by atoms with van der Waals surface area (Å²) in [5, 5.41) is 17.0. The van der Waals surface area contributed by atoms with E-state index in [0.717, 1.165) is 11.8 Å². The molecule has 6 nitrogen and oxygen atoms in total. The Kier molecular flexibility index (Phi) is 4.50. The van der Waals surface area contributed by atoms with Crippen molar-refractivity contribution in [2.75, 3.05) is 5.75 Å². The van der Waals surface area contributed by atoms with E-state index in [1.165, 1.54) is 6.92 Å². The molecule has 1 aromatic heterocycles. The van der Waals surface area contributed by atoms with Crippen LogP contribution in [0.25, 0.3) is 10.9 Å². The Bertz CT molecular complexity index is 806. The number of hydrogen-bond acceptors (Lipinski definition) is 6. The van der Waals surface area contributed by atoms with Crippen LogP contribution in [0.15, 0.2) is 34.2 Å². The maximum absolute atomic E-state index is 11.9. The van der Waals surface area contributed by atoms with Crippen molar-refractivity contribution in [3.8, 4) is 6.07 Å². The van der Waals surface area contributed by atoms with Gasteiger partial charge in [-0.05, 0) is 19.1 Å². The second-order valence-corrected chi connectivity index (χ2v) is 5.35. The fraction of sp³-hybridized carbons (Fsp3) is 0.214. The van der Waals surface area contributed by atoms with E-state index in [0.29, 0.717) is 16.1 Å². The lowest BCUT2D eigenvalue weighted by atomic mass is 10.0. The van der Waals surface area contributed by atoms with Gasteiger partial charge in [-0.15, -0.1) is 0 Å². The Labute approximate surface area is 124 Å². The maximum Gasteiger partial charge on any atom is 0.259 e. The molecule has 1 aromatic carbocycles. The van der Waals surface area contributed by atoms with Crippen molar-refractivity contribution >= 4 is 34.2 Å². The number of hydrogen-bond donors (Lipinski definition) is 2. The fourth-order valence-corrected chi connectivity index (χ4v) is 2.54. The number of carbonyl (C=O) groups excluding carboxylic acids is 1. The third kappa shape index (κ3) is 3.35. The molecular weight excluding hydrogens is 288 g/mol. The number of nitriles is 1. The normalized spacial score (nSPS) is 11.8. The van der Waals surface area contributed by atoms with Gasteiger partial charge in [0.15, 0.2) is 10.9 Å². The molecule has 0 aliphatic heterocycles. The van der Waals surface area contributed by atoms with Crippen LogP contribution in [0.1, 0.15) is 6.92 Å². The predicted molar refractivity (Wildman–Crippen MR) is 80.6 cm³/mol. The molecule has 106 valence electrons. The number of ketones is 1. The molecule has 21 heavy (non-hydrogen) atoms. The van der Waals surface area contributed by atoms with Crippen molar-refractivity contribution in [3.05, 3.63) is 34.6 Å². The van der Waals surface area contributed by atoms with Gasteiger partial charge in [-0.3, -0.25) is 9.59 Å². The van der Waals surface area contributed by atoms with Gasteiger partial charge in [0.1, 0.15) is 5.92 Å². The fourth-order valence-electron chi connectivity index (χ4n) is 1.77. The minimum absolute atomic E-state index is 0.0167. The summed E-state index contributed by atoms with van der Waals surface area (Å²) in [6.45, 7) is 1.42. The standard InChI is InChI=1S/C14H12N4O2S/c1-8(16)10(6-15)12(19)7-21-14-17-11-5-3-2-4-9(11)13(20)18-14/h2-5,10,16H,7H2,1H3,(H,17,18,20). The van der Waals surface area contributed by atoms with Crippen LogP contribution in [0.4, 0.5) is 0 Å². The Balaban J connectivity index is 2.18. The van der Waals surface area contributed by atoms with Crippen molar-refractivity contribution in [3.63, 3.8) is 0 Å². The number of benzene rings is 1. The number of aromatic nitrogens is 2. The Morgan fingerprint density at radius 3 is 2.90 bits per heavy atom. The van der Waals surface area contributed by atoms with Gasteiger partial charge in [-0.1, -0.05) is 23.9 Å². The second-order valence-electron chi connectivity index (χ2n) is 4.39. The third-order valence-corrected chi connectivity index (χ3v) is 3.72. The van der Waals surface area contributed by atoms with Gasteiger partial charge in [0.25, 0.3) is 5.56 Å². The lowest BCUT2D eigenvalue weighted by molar-refractivity contribution is -0.117. The van der Waals surface area contributed by atoms with Gasteiger partial charge in [0.2, 0.25) is 0 Å². The number of nitrogens with one attached hydrogen (secondary N) is 2. The van der Waals surface area contributed by atoms with Gasteiger partial charge in [-0.25, -0.2) is 4.98 Å². The number of nitrogens with zero attached hydrogens (tertiary/aromatic N) is 2. The van der Waals surface area contributed by atoms with Crippen molar-refractivity contribution in [1.82, 2.24) is 9.97 Å². The lowest BCUT2D eigenvalue weighted by Gasteiger charge is -2.06. The molecule has 2 N–H and O–H groups in total. The summed E-state index contributed by atoms with van der Waals surface area (Å²) in [5.74, 6) is -1.43. The quantitative estimate of drug-likeness (QED) is 0.496. The topological polar surface area (TPSA) is 110 Å². The van der Waals surface area contributed by atoms with E-state index < -0.39 is 5.92 Å². The van der Waals surface area contributed by atoms with E-state index in [1.54, 1.807) is 30.3 Å². The van der Waals surface area contributed by atoms with Crippen LogP contribution >= 0.6 is 11.8 Å². The molecule has 0 saturated carbocycles. The number of Topliss-reactive ketones (excluding diaryl/α,β-unsaturated/α-hetero) is 1. The minimum atomic E-state index is -1.04. The predicted octanol–water partition coefficient (Wildman–Crippen LogP) is 1.76. The summed E-state index contributed by atoms with van der Waals surface area (Å²) >= 11 is 1.05. The first-order chi connectivity index (χ1) is 10.0. The summed E-state index contributed by atoms with van der Waals surface area (Å²) in [5.41, 5.74) is 0.301.